The van der Waals surface area contributed by atoms with E-state index in [-0.39, 0.29) is 18.0 Å². The maximum Gasteiger partial charge on any atom is 0.291 e. The number of benzene rings is 2. The summed E-state index contributed by atoms with van der Waals surface area (Å²) < 4.78 is 3.33. The molecule has 0 radical (unpaired) electrons. The predicted molar refractivity (Wildman–Crippen MR) is 125 cm³/mol. The zero-order valence-corrected chi connectivity index (χ0v) is 18.5. The minimum atomic E-state index is -0.247. The van der Waals surface area contributed by atoms with Crippen LogP contribution in [0.4, 0.5) is 0 Å². The second-order valence-corrected chi connectivity index (χ2v) is 8.20. The summed E-state index contributed by atoms with van der Waals surface area (Å²) in [5.74, 6) is -0.205. The minimum absolute atomic E-state index is 0.0844. The van der Waals surface area contributed by atoms with Gasteiger partial charge in [-0.05, 0) is 49.9 Å². The lowest BCUT2D eigenvalue weighted by atomic mass is 10.00. The van der Waals surface area contributed by atoms with Gasteiger partial charge in [0.25, 0.3) is 5.56 Å². The Hall–Kier alpha value is -3.41. The van der Waals surface area contributed by atoms with E-state index in [1.54, 1.807) is 6.20 Å². The van der Waals surface area contributed by atoms with E-state index in [0.717, 1.165) is 22.7 Å². The van der Waals surface area contributed by atoms with Crippen molar-refractivity contribution in [1.82, 2.24) is 19.7 Å². The SMILES string of the molecule is CCCNC(=O)Cn1ncc2c3ccccc3n(Cc3c(C)cc(C)cc3C)c2c1=O. The summed E-state index contributed by atoms with van der Waals surface area (Å²) >= 11 is 0. The molecule has 2 aromatic heterocycles. The molecule has 160 valence electrons. The third-order valence-electron chi connectivity index (χ3n) is 5.80. The number of carbonyl (C=O) groups excluding carboxylic acids is 1. The molecular formula is C25H28N4O2. The number of carbonyl (C=O) groups is 1. The number of aromatic nitrogens is 3. The molecule has 0 aliphatic rings. The monoisotopic (exact) mass is 416 g/mol. The summed E-state index contributed by atoms with van der Waals surface area (Å²) in [5.41, 5.74) is 6.17. The van der Waals surface area contributed by atoms with Gasteiger partial charge in [-0.15, -0.1) is 0 Å². The number of nitrogens with zero attached hydrogens (tertiary/aromatic N) is 3. The summed E-state index contributed by atoms with van der Waals surface area (Å²) in [6.45, 7) is 9.40. The van der Waals surface area contributed by atoms with Crippen LogP contribution in [0.25, 0.3) is 21.8 Å². The van der Waals surface area contributed by atoms with Crippen LogP contribution in [0.2, 0.25) is 0 Å². The molecule has 4 rings (SSSR count). The summed E-state index contributed by atoms with van der Waals surface area (Å²) in [5, 5.41) is 8.92. The highest BCUT2D eigenvalue weighted by molar-refractivity contribution is 6.07. The first kappa shape index (κ1) is 20.8. The fourth-order valence-corrected chi connectivity index (χ4v) is 4.34. The Morgan fingerprint density at radius 2 is 1.77 bits per heavy atom. The number of nitrogens with one attached hydrogen (secondary N) is 1. The highest BCUT2D eigenvalue weighted by atomic mass is 16.2. The molecule has 2 heterocycles. The number of fused-ring (bicyclic) bond motifs is 3. The molecule has 2 aromatic carbocycles. The molecular weight excluding hydrogens is 388 g/mol. The van der Waals surface area contributed by atoms with Crippen LogP contribution < -0.4 is 10.9 Å². The van der Waals surface area contributed by atoms with Crippen LogP contribution >= 0.6 is 0 Å². The van der Waals surface area contributed by atoms with Crippen LogP contribution in [0.15, 0.2) is 47.4 Å². The maximum absolute atomic E-state index is 13.4. The molecule has 0 bridgehead atoms. The molecule has 0 fully saturated rings. The zero-order valence-electron chi connectivity index (χ0n) is 18.5. The second kappa shape index (κ2) is 8.38. The van der Waals surface area contributed by atoms with Crippen LogP contribution in [0.3, 0.4) is 0 Å². The van der Waals surface area contributed by atoms with Gasteiger partial charge < -0.3 is 9.88 Å². The molecule has 0 spiro atoms. The first-order valence-electron chi connectivity index (χ1n) is 10.7. The van der Waals surface area contributed by atoms with Crippen molar-refractivity contribution in [2.75, 3.05) is 6.54 Å². The number of hydrogen-bond donors (Lipinski definition) is 1. The van der Waals surface area contributed by atoms with E-state index in [0.29, 0.717) is 18.6 Å². The predicted octanol–water partition coefficient (Wildman–Crippen LogP) is 3.85. The van der Waals surface area contributed by atoms with Crippen molar-refractivity contribution >= 4 is 27.7 Å². The Labute approximate surface area is 181 Å². The van der Waals surface area contributed by atoms with Crippen LogP contribution in [0, 0.1) is 20.8 Å². The third-order valence-corrected chi connectivity index (χ3v) is 5.80. The van der Waals surface area contributed by atoms with Crippen molar-refractivity contribution in [3.05, 3.63) is 75.2 Å². The van der Waals surface area contributed by atoms with Crippen LogP contribution in [0.1, 0.15) is 35.6 Å². The van der Waals surface area contributed by atoms with Crippen molar-refractivity contribution in [2.45, 2.75) is 47.2 Å². The lowest BCUT2D eigenvalue weighted by Gasteiger charge is -2.14. The summed E-state index contributed by atoms with van der Waals surface area (Å²) in [4.78, 5) is 25.7. The maximum atomic E-state index is 13.4. The number of amides is 1. The standard InChI is InChI=1S/C25H28N4O2/c1-5-10-26-23(30)15-29-25(31)24-20(13-27-29)19-8-6-7-9-22(19)28(24)14-21-17(3)11-16(2)12-18(21)4/h6-9,11-13H,5,10,14-15H2,1-4H3,(H,26,30). The molecule has 0 atom stereocenters. The number of aryl methyl sites for hydroxylation is 3. The first-order valence-corrected chi connectivity index (χ1v) is 10.7. The van der Waals surface area contributed by atoms with Gasteiger partial charge in [-0.1, -0.05) is 42.8 Å². The van der Waals surface area contributed by atoms with Crippen molar-refractivity contribution in [3.8, 4) is 0 Å². The van der Waals surface area contributed by atoms with Gasteiger partial charge in [0.2, 0.25) is 5.91 Å². The van der Waals surface area contributed by atoms with E-state index in [1.807, 2.05) is 31.2 Å². The fourth-order valence-electron chi connectivity index (χ4n) is 4.34. The van der Waals surface area contributed by atoms with Gasteiger partial charge in [0.1, 0.15) is 12.1 Å². The molecule has 1 N–H and O–H groups in total. The van der Waals surface area contributed by atoms with E-state index in [9.17, 15) is 9.59 Å². The van der Waals surface area contributed by atoms with Crippen molar-refractivity contribution in [2.24, 2.45) is 0 Å². The second-order valence-electron chi connectivity index (χ2n) is 8.20. The normalized spacial score (nSPS) is 11.4. The smallest absolute Gasteiger partial charge is 0.291 e. The van der Waals surface area contributed by atoms with Crippen LogP contribution in [-0.2, 0) is 17.9 Å². The van der Waals surface area contributed by atoms with E-state index in [2.05, 4.69) is 47.9 Å². The zero-order chi connectivity index (χ0) is 22.1. The summed E-state index contributed by atoms with van der Waals surface area (Å²) in [6.07, 6.45) is 2.55. The van der Waals surface area contributed by atoms with Crippen molar-refractivity contribution in [3.63, 3.8) is 0 Å². The van der Waals surface area contributed by atoms with E-state index in [1.165, 1.54) is 26.9 Å². The highest BCUT2D eigenvalue weighted by Gasteiger charge is 2.18. The highest BCUT2D eigenvalue weighted by Crippen LogP contribution is 2.28. The molecule has 6 heteroatoms. The lowest BCUT2D eigenvalue weighted by Crippen LogP contribution is -2.34. The van der Waals surface area contributed by atoms with E-state index < -0.39 is 0 Å². The van der Waals surface area contributed by atoms with Gasteiger partial charge >= 0.3 is 0 Å². The number of para-hydroxylation sites is 1. The Balaban J connectivity index is 1.90. The quantitative estimate of drug-likeness (QED) is 0.519. The van der Waals surface area contributed by atoms with Crippen molar-refractivity contribution < 1.29 is 4.79 Å². The van der Waals surface area contributed by atoms with Crippen LogP contribution in [0.5, 0.6) is 0 Å². The number of rotatable bonds is 6. The van der Waals surface area contributed by atoms with E-state index >= 15 is 0 Å². The summed E-state index contributed by atoms with van der Waals surface area (Å²) in [6, 6.07) is 12.4. The van der Waals surface area contributed by atoms with Gasteiger partial charge in [0.15, 0.2) is 0 Å². The van der Waals surface area contributed by atoms with Gasteiger partial charge in [-0.25, -0.2) is 4.68 Å². The Kier molecular flexibility index (Phi) is 5.63. The first-order chi connectivity index (χ1) is 14.9. The lowest BCUT2D eigenvalue weighted by molar-refractivity contribution is -0.121. The van der Waals surface area contributed by atoms with Gasteiger partial charge in [0.05, 0.1) is 6.20 Å². The minimum Gasteiger partial charge on any atom is -0.355 e. The Morgan fingerprint density at radius 1 is 1.06 bits per heavy atom. The average molecular weight is 417 g/mol. The molecule has 0 saturated heterocycles. The molecule has 31 heavy (non-hydrogen) atoms. The topological polar surface area (TPSA) is 68.9 Å². The molecule has 0 aliphatic heterocycles. The Morgan fingerprint density at radius 3 is 2.48 bits per heavy atom. The largest absolute Gasteiger partial charge is 0.355 e. The third kappa shape index (κ3) is 3.85. The van der Waals surface area contributed by atoms with Crippen LogP contribution in [-0.4, -0.2) is 26.8 Å². The Bertz CT molecular complexity index is 1320. The molecule has 6 nitrogen and oxygen atoms in total. The fraction of sp³-hybridized carbons (Fsp3) is 0.320. The molecule has 0 unspecified atom stereocenters. The summed E-state index contributed by atoms with van der Waals surface area (Å²) in [7, 11) is 0. The number of hydrogen-bond acceptors (Lipinski definition) is 3. The molecule has 0 aliphatic carbocycles. The van der Waals surface area contributed by atoms with Gasteiger partial charge in [-0.2, -0.15) is 5.10 Å². The van der Waals surface area contributed by atoms with Gasteiger partial charge in [0, 0.05) is 29.4 Å². The molecule has 4 aromatic rings. The molecule has 0 saturated carbocycles. The molecule has 1 amide bonds. The van der Waals surface area contributed by atoms with Crippen molar-refractivity contribution in [1.29, 1.82) is 0 Å². The van der Waals surface area contributed by atoms with E-state index in [4.69, 9.17) is 0 Å². The average Bonchev–Trinajstić information content (AvgIpc) is 3.05. The van der Waals surface area contributed by atoms with Gasteiger partial charge in [-0.3, -0.25) is 9.59 Å².